The van der Waals surface area contributed by atoms with E-state index in [-0.39, 0.29) is 0 Å². The highest BCUT2D eigenvalue weighted by Crippen LogP contribution is 2.28. The van der Waals surface area contributed by atoms with Crippen molar-refractivity contribution in [3.05, 3.63) is 48.0 Å². The Bertz CT molecular complexity index is 549. The number of hydrogen-bond acceptors (Lipinski definition) is 3. The first-order valence-corrected chi connectivity index (χ1v) is 6.47. The van der Waals surface area contributed by atoms with Crippen LogP contribution in [0.5, 0.6) is 0 Å². The quantitative estimate of drug-likeness (QED) is 0.783. The normalized spacial score (nSPS) is 15.1. The Kier molecular flexibility index (Phi) is 3.57. The van der Waals surface area contributed by atoms with Gasteiger partial charge in [-0.1, -0.05) is 42.5 Å². The Morgan fingerprint density at radius 2 is 1.76 bits per heavy atom. The Balaban J connectivity index is 2.65. The monoisotopic (exact) mass is 248 g/mol. The van der Waals surface area contributed by atoms with Gasteiger partial charge < -0.3 is 4.55 Å². The third-order valence-electron chi connectivity index (χ3n) is 2.74. The van der Waals surface area contributed by atoms with Crippen LogP contribution in [0.2, 0.25) is 0 Å². The highest BCUT2D eigenvalue weighted by atomic mass is 32.2. The van der Waals surface area contributed by atoms with E-state index in [2.05, 4.69) is 0 Å². The standard InChI is InChI=1S/C13H15NO2S/c1-14(2)13(17(15)16)12-9-5-7-10-6-3-4-8-11(10)12/h3-9,13H,1-2H3,(H,15,16)/p-1. The van der Waals surface area contributed by atoms with Gasteiger partial charge in [-0.15, -0.1) is 0 Å². The van der Waals surface area contributed by atoms with Gasteiger partial charge in [-0.2, -0.15) is 0 Å². The zero-order valence-electron chi connectivity index (χ0n) is 9.79. The summed E-state index contributed by atoms with van der Waals surface area (Å²) >= 11 is -2.16. The van der Waals surface area contributed by atoms with Crippen molar-refractivity contribution in [2.24, 2.45) is 0 Å². The topological polar surface area (TPSA) is 43.4 Å². The number of hydrogen-bond donors (Lipinski definition) is 0. The van der Waals surface area contributed by atoms with Crippen LogP contribution in [0.3, 0.4) is 0 Å². The number of rotatable bonds is 3. The summed E-state index contributed by atoms with van der Waals surface area (Å²) in [5.74, 6) is 0. The van der Waals surface area contributed by atoms with Crippen LogP contribution in [0, 0.1) is 0 Å². The molecule has 17 heavy (non-hydrogen) atoms. The van der Waals surface area contributed by atoms with Gasteiger partial charge in [-0.05, 0) is 41.5 Å². The van der Waals surface area contributed by atoms with Crippen LogP contribution < -0.4 is 0 Å². The van der Waals surface area contributed by atoms with E-state index in [4.69, 9.17) is 0 Å². The maximum absolute atomic E-state index is 11.3. The minimum absolute atomic E-state index is 0.610. The summed E-state index contributed by atoms with van der Waals surface area (Å²) in [6.45, 7) is 0. The van der Waals surface area contributed by atoms with Crippen molar-refractivity contribution in [3.63, 3.8) is 0 Å². The first kappa shape index (κ1) is 12.2. The molecule has 0 bridgehead atoms. The Hall–Kier alpha value is -1.23. The molecule has 4 heteroatoms. The van der Waals surface area contributed by atoms with E-state index in [0.717, 1.165) is 16.3 Å². The van der Waals surface area contributed by atoms with Crippen LogP contribution in [0.15, 0.2) is 42.5 Å². The van der Waals surface area contributed by atoms with Crippen LogP contribution in [0.1, 0.15) is 10.9 Å². The molecule has 0 spiro atoms. The van der Waals surface area contributed by atoms with Crippen LogP contribution >= 0.6 is 0 Å². The van der Waals surface area contributed by atoms with Crippen molar-refractivity contribution in [1.82, 2.24) is 4.90 Å². The molecule has 0 aromatic heterocycles. The third-order valence-corrected chi connectivity index (χ3v) is 3.78. The molecule has 2 aromatic carbocycles. The molecule has 2 unspecified atom stereocenters. The van der Waals surface area contributed by atoms with Crippen LogP contribution in [-0.2, 0) is 11.1 Å². The summed E-state index contributed by atoms with van der Waals surface area (Å²) in [6.07, 6.45) is 0. The molecule has 3 nitrogen and oxygen atoms in total. The smallest absolute Gasteiger partial charge is 0.0983 e. The number of nitrogens with zero attached hydrogens (tertiary/aromatic N) is 1. The summed E-state index contributed by atoms with van der Waals surface area (Å²) in [7, 11) is 3.53. The van der Waals surface area contributed by atoms with Gasteiger partial charge in [0.1, 0.15) is 0 Å². The maximum atomic E-state index is 11.3. The molecule has 0 N–H and O–H groups in total. The minimum atomic E-state index is -2.16. The average Bonchev–Trinajstić information content (AvgIpc) is 2.28. The fraction of sp³-hybridized carbons (Fsp3) is 0.231. The molecule has 2 atom stereocenters. The van der Waals surface area contributed by atoms with E-state index < -0.39 is 16.5 Å². The molecule has 0 saturated carbocycles. The first-order valence-electron chi connectivity index (χ1n) is 5.33. The second kappa shape index (κ2) is 4.96. The summed E-state index contributed by atoms with van der Waals surface area (Å²) in [5, 5.41) is 1.43. The summed E-state index contributed by atoms with van der Waals surface area (Å²) in [4.78, 5) is 1.70. The van der Waals surface area contributed by atoms with Gasteiger partial charge in [0.05, 0.1) is 5.37 Å². The summed E-state index contributed by atoms with van der Waals surface area (Å²) < 4.78 is 22.7. The second-order valence-electron chi connectivity index (χ2n) is 4.14. The lowest BCUT2D eigenvalue weighted by Gasteiger charge is -2.27. The molecule has 0 aliphatic rings. The molecular weight excluding hydrogens is 234 g/mol. The van der Waals surface area contributed by atoms with Gasteiger partial charge in [0.25, 0.3) is 0 Å². The molecule has 0 radical (unpaired) electrons. The summed E-state index contributed by atoms with van der Waals surface area (Å²) in [6, 6.07) is 13.5. The van der Waals surface area contributed by atoms with Gasteiger partial charge in [0.15, 0.2) is 0 Å². The van der Waals surface area contributed by atoms with Crippen molar-refractivity contribution in [1.29, 1.82) is 0 Å². The molecule has 0 saturated heterocycles. The van der Waals surface area contributed by atoms with Crippen molar-refractivity contribution in [2.45, 2.75) is 5.37 Å². The lowest BCUT2D eigenvalue weighted by Crippen LogP contribution is -2.24. The largest absolute Gasteiger partial charge is 0.771 e. The number of fused-ring (bicyclic) bond motifs is 1. The lowest BCUT2D eigenvalue weighted by atomic mass is 10.0. The van der Waals surface area contributed by atoms with E-state index in [1.165, 1.54) is 0 Å². The molecule has 2 rings (SSSR count). The van der Waals surface area contributed by atoms with Crippen LogP contribution in [0.4, 0.5) is 0 Å². The van der Waals surface area contributed by atoms with Crippen molar-refractivity contribution >= 4 is 21.9 Å². The Labute approximate surface area is 103 Å². The minimum Gasteiger partial charge on any atom is -0.771 e. The Morgan fingerprint density at radius 1 is 1.12 bits per heavy atom. The highest BCUT2D eigenvalue weighted by Gasteiger charge is 2.16. The van der Waals surface area contributed by atoms with Gasteiger partial charge in [-0.3, -0.25) is 9.11 Å². The fourth-order valence-electron chi connectivity index (χ4n) is 2.02. The summed E-state index contributed by atoms with van der Waals surface area (Å²) in [5.41, 5.74) is 0.821. The number of benzene rings is 2. The highest BCUT2D eigenvalue weighted by molar-refractivity contribution is 7.79. The first-order chi connectivity index (χ1) is 8.11. The van der Waals surface area contributed by atoms with Crippen LogP contribution in [0.25, 0.3) is 10.8 Å². The van der Waals surface area contributed by atoms with Crippen molar-refractivity contribution < 1.29 is 8.76 Å². The molecule has 0 aliphatic carbocycles. The van der Waals surface area contributed by atoms with Gasteiger partial charge in [0.2, 0.25) is 0 Å². The van der Waals surface area contributed by atoms with Crippen molar-refractivity contribution in [2.75, 3.05) is 14.1 Å². The van der Waals surface area contributed by atoms with Gasteiger partial charge >= 0.3 is 0 Å². The van der Waals surface area contributed by atoms with Crippen molar-refractivity contribution in [3.8, 4) is 0 Å². The Morgan fingerprint density at radius 3 is 2.41 bits per heavy atom. The van der Waals surface area contributed by atoms with E-state index in [1.54, 1.807) is 19.0 Å². The SMILES string of the molecule is CN(C)C(c1cccc2ccccc12)S(=O)[O-]. The third kappa shape index (κ3) is 2.39. The molecule has 0 amide bonds. The molecule has 0 aliphatic heterocycles. The molecular formula is C13H14NO2S-. The molecule has 90 valence electrons. The van der Waals surface area contributed by atoms with E-state index in [9.17, 15) is 8.76 Å². The zero-order valence-corrected chi connectivity index (χ0v) is 10.6. The average molecular weight is 248 g/mol. The lowest BCUT2D eigenvalue weighted by molar-refractivity contribution is 0.362. The van der Waals surface area contributed by atoms with Gasteiger partial charge in [0, 0.05) is 0 Å². The van der Waals surface area contributed by atoms with E-state index in [0.29, 0.717) is 0 Å². The van der Waals surface area contributed by atoms with E-state index >= 15 is 0 Å². The predicted octanol–water partition coefficient (Wildman–Crippen LogP) is 2.28. The van der Waals surface area contributed by atoms with Crippen LogP contribution in [-0.4, -0.2) is 27.8 Å². The predicted molar refractivity (Wildman–Crippen MR) is 69.3 cm³/mol. The molecule has 0 heterocycles. The van der Waals surface area contributed by atoms with Gasteiger partial charge in [-0.25, -0.2) is 0 Å². The fourth-order valence-corrected chi connectivity index (χ4v) is 2.78. The second-order valence-corrected chi connectivity index (χ2v) is 5.11. The molecule has 2 aromatic rings. The maximum Gasteiger partial charge on any atom is 0.0983 e. The van der Waals surface area contributed by atoms with E-state index in [1.807, 2.05) is 42.5 Å². The zero-order chi connectivity index (χ0) is 12.4. The molecule has 0 fully saturated rings.